The van der Waals surface area contributed by atoms with Gasteiger partial charge in [-0.3, -0.25) is 0 Å². The minimum atomic E-state index is 0.315. The maximum Gasteiger partial charge on any atom is 0.0474 e. The first-order valence-electron chi connectivity index (χ1n) is 6.80. The van der Waals surface area contributed by atoms with Gasteiger partial charge >= 0.3 is 0 Å². The number of aliphatic hydroxyl groups excluding tert-OH is 1. The van der Waals surface area contributed by atoms with Gasteiger partial charge < -0.3 is 10.4 Å². The smallest absolute Gasteiger partial charge is 0.0474 e. The molecule has 2 N–H and O–H groups in total. The van der Waals surface area contributed by atoms with Gasteiger partial charge in [-0.2, -0.15) is 0 Å². The lowest BCUT2D eigenvalue weighted by Gasteiger charge is -2.31. The van der Waals surface area contributed by atoms with Gasteiger partial charge in [0.1, 0.15) is 0 Å². The molecule has 3 heteroatoms. The normalized spacial score (nSPS) is 24.2. The van der Waals surface area contributed by atoms with Gasteiger partial charge in [0.05, 0.1) is 0 Å². The zero-order chi connectivity index (χ0) is 13.0. The highest BCUT2D eigenvalue weighted by Crippen LogP contribution is 2.24. The molecule has 2 atom stereocenters. The molecule has 2 unspecified atom stereocenters. The highest BCUT2D eigenvalue weighted by molar-refractivity contribution is 9.10. The predicted molar refractivity (Wildman–Crippen MR) is 78.6 cm³/mol. The third-order valence-corrected chi connectivity index (χ3v) is 4.80. The van der Waals surface area contributed by atoms with E-state index in [1.807, 2.05) is 0 Å². The van der Waals surface area contributed by atoms with E-state index in [9.17, 15) is 5.11 Å². The van der Waals surface area contributed by atoms with Gasteiger partial charge in [-0.15, -0.1) is 0 Å². The Labute approximate surface area is 118 Å². The highest BCUT2D eigenvalue weighted by Gasteiger charge is 2.23. The van der Waals surface area contributed by atoms with Crippen LogP contribution in [0.25, 0.3) is 0 Å². The highest BCUT2D eigenvalue weighted by atomic mass is 79.9. The minimum Gasteiger partial charge on any atom is -0.396 e. The van der Waals surface area contributed by atoms with Crippen molar-refractivity contribution in [2.45, 2.75) is 45.2 Å². The molecule has 0 aliphatic heterocycles. The maximum absolute atomic E-state index is 9.39. The molecule has 1 aliphatic carbocycles. The monoisotopic (exact) mass is 311 g/mol. The number of hydrogen-bond acceptors (Lipinski definition) is 2. The molecule has 0 amide bonds. The zero-order valence-electron chi connectivity index (χ0n) is 11.0. The largest absolute Gasteiger partial charge is 0.396 e. The van der Waals surface area contributed by atoms with Crippen LogP contribution in [0.1, 0.15) is 36.8 Å². The second-order valence-corrected chi connectivity index (χ2v) is 6.15. The quantitative estimate of drug-likeness (QED) is 0.893. The van der Waals surface area contributed by atoms with Crippen molar-refractivity contribution in [1.82, 2.24) is 5.32 Å². The summed E-state index contributed by atoms with van der Waals surface area (Å²) in [5.74, 6) is 0.438. The molecule has 1 saturated carbocycles. The van der Waals surface area contributed by atoms with E-state index >= 15 is 0 Å². The van der Waals surface area contributed by atoms with Gasteiger partial charge in [-0.25, -0.2) is 0 Å². The summed E-state index contributed by atoms with van der Waals surface area (Å²) in [4.78, 5) is 0. The Balaban J connectivity index is 1.91. The maximum atomic E-state index is 9.39. The fourth-order valence-electron chi connectivity index (χ4n) is 2.69. The molecule has 0 bridgehead atoms. The Hall–Kier alpha value is -0.380. The van der Waals surface area contributed by atoms with Crippen LogP contribution >= 0.6 is 15.9 Å². The van der Waals surface area contributed by atoms with Gasteiger partial charge in [0, 0.05) is 23.7 Å². The van der Waals surface area contributed by atoms with E-state index in [-0.39, 0.29) is 0 Å². The number of hydrogen-bond donors (Lipinski definition) is 2. The third kappa shape index (κ3) is 3.56. The van der Waals surface area contributed by atoms with E-state index in [0.29, 0.717) is 18.6 Å². The van der Waals surface area contributed by atoms with E-state index in [4.69, 9.17) is 0 Å². The van der Waals surface area contributed by atoms with Crippen molar-refractivity contribution >= 4 is 15.9 Å². The van der Waals surface area contributed by atoms with E-state index in [0.717, 1.165) is 13.0 Å². The lowest BCUT2D eigenvalue weighted by atomic mass is 9.85. The molecule has 0 heterocycles. The molecule has 18 heavy (non-hydrogen) atoms. The predicted octanol–water partition coefficient (Wildman–Crippen LogP) is 3.40. The van der Waals surface area contributed by atoms with Crippen molar-refractivity contribution in [3.05, 3.63) is 33.8 Å². The Morgan fingerprint density at radius 2 is 2.11 bits per heavy atom. The topological polar surface area (TPSA) is 32.3 Å². The van der Waals surface area contributed by atoms with Crippen LogP contribution < -0.4 is 5.32 Å². The molecule has 2 nitrogen and oxygen atoms in total. The van der Waals surface area contributed by atoms with Gasteiger partial charge in [0.25, 0.3) is 0 Å². The second kappa shape index (κ2) is 6.69. The molecule has 1 aromatic rings. The standard InChI is InChI=1S/C15H22BrNO/c1-11-6-7-12(8-14(11)16)9-17-15-5-3-2-4-13(15)10-18/h6-8,13,15,17-18H,2-5,9-10H2,1H3. The van der Waals surface area contributed by atoms with Crippen LogP contribution in [0.4, 0.5) is 0 Å². The summed E-state index contributed by atoms with van der Waals surface area (Å²) >= 11 is 3.57. The summed E-state index contributed by atoms with van der Waals surface area (Å²) < 4.78 is 1.17. The first kappa shape index (κ1) is 14.0. The van der Waals surface area contributed by atoms with Crippen LogP contribution in [0, 0.1) is 12.8 Å². The van der Waals surface area contributed by atoms with Crippen molar-refractivity contribution in [2.75, 3.05) is 6.61 Å². The zero-order valence-corrected chi connectivity index (χ0v) is 12.5. The summed E-state index contributed by atoms with van der Waals surface area (Å²) in [7, 11) is 0. The number of benzene rings is 1. The number of rotatable bonds is 4. The number of aryl methyl sites for hydroxylation is 1. The number of halogens is 1. The van der Waals surface area contributed by atoms with Gasteiger partial charge in [0.15, 0.2) is 0 Å². The van der Waals surface area contributed by atoms with Crippen molar-refractivity contribution < 1.29 is 5.11 Å². The summed E-state index contributed by atoms with van der Waals surface area (Å²) in [6.07, 6.45) is 4.90. The molecule has 0 saturated heterocycles. The van der Waals surface area contributed by atoms with Crippen LogP contribution in [0.15, 0.2) is 22.7 Å². The molecule has 1 fully saturated rings. The minimum absolute atomic E-state index is 0.315. The van der Waals surface area contributed by atoms with Crippen molar-refractivity contribution in [1.29, 1.82) is 0 Å². The lowest BCUT2D eigenvalue weighted by Crippen LogP contribution is -2.39. The molecule has 2 rings (SSSR count). The van der Waals surface area contributed by atoms with Crippen LogP contribution in [0.5, 0.6) is 0 Å². The van der Waals surface area contributed by atoms with Crippen molar-refractivity contribution in [3.8, 4) is 0 Å². The fraction of sp³-hybridized carbons (Fsp3) is 0.600. The van der Waals surface area contributed by atoms with E-state index in [1.54, 1.807) is 0 Å². The number of aliphatic hydroxyl groups is 1. The SMILES string of the molecule is Cc1ccc(CNC2CCCCC2CO)cc1Br. The number of nitrogens with one attached hydrogen (secondary N) is 1. The van der Waals surface area contributed by atoms with E-state index in [1.165, 1.54) is 34.9 Å². The van der Waals surface area contributed by atoms with Crippen molar-refractivity contribution in [2.24, 2.45) is 5.92 Å². The molecule has 0 aromatic heterocycles. The van der Waals surface area contributed by atoms with Crippen LogP contribution in [0.3, 0.4) is 0 Å². The van der Waals surface area contributed by atoms with Gasteiger partial charge in [0.2, 0.25) is 0 Å². The Kier molecular flexibility index (Phi) is 5.22. The summed E-state index contributed by atoms with van der Waals surface area (Å²) in [6, 6.07) is 6.97. The summed E-state index contributed by atoms with van der Waals surface area (Å²) in [6.45, 7) is 3.31. The average molecular weight is 312 g/mol. The average Bonchev–Trinajstić information content (AvgIpc) is 2.40. The molecule has 0 spiro atoms. The lowest BCUT2D eigenvalue weighted by molar-refractivity contribution is 0.152. The van der Waals surface area contributed by atoms with Crippen LogP contribution in [-0.2, 0) is 6.54 Å². The first-order chi connectivity index (χ1) is 8.70. The summed E-state index contributed by atoms with van der Waals surface area (Å²) in [5.41, 5.74) is 2.57. The Morgan fingerprint density at radius 1 is 1.33 bits per heavy atom. The molecule has 100 valence electrons. The van der Waals surface area contributed by atoms with Crippen molar-refractivity contribution in [3.63, 3.8) is 0 Å². The van der Waals surface area contributed by atoms with Gasteiger partial charge in [-0.1, -0.05) is 40.9 Å². The van der Waals surface area contributed by atoms with Crippen LogP contribution in [-0.4, -0.2) is 17.8 Å². The molecular formula is C15H22BrNO. The summed E-state index contributed by atoms with van der Waals surface area (Å²) in [5, 5.41) is 13.0. The third-order valence-electron chi connectivity index (χ3n) is 3.95. The van der Waals surface area contributed by atoms with E-state index in [2.05, 4.69) is 46.4 Å². The van der Waals surface area contributed by atoms with E-state index < -0.39 is 0 Å². The molecular weight excluding hydrogens is 290 g/mol. The first-order valence-corrected chi connectivity index (χ1v) is 7.59. The van der Waals surface area contributed by atoms with Gasteiger partial charge in [-0.05, 0) is 42.9 Å². The Morgan fingerprint density at radius 3 is 2.83 bits per heavy atom. The molecule has 1 aromatic carbocycles. The second-order valence-electron chi connectivity index (χ2n) is 5.30. The van der Waals surface area contributed by atoms with Crippen LogP contribution in [0.2, 0.25) is 0 Å². The molecule has 1 aliphatic rings. The Bertz CT molecular complexity index is 394. The fourth-order valence-corrected chi connectivity index (χ4v) is 3.12. The molecule has 0 radical (unpaired) electrons.